The van der Waals surface area contributed by atoms with Crippen molar-refractivity contribution in [3.63, 3.8) is 0 Å². The Morgan fingerprint density at radius 2 is 2.00 bits per heavy atom. The van der Waals surface area contributed by atoms with Gasteiger partial charge in [0.2, 0.25) is 0 Å². The summed E-state index contributed by atoms with van der Waals surface area (Å²) in [5, 5.41) is 0.641. The Balaban J connectivity index is 2.03. The van der Waals surface area contributed by atoms with Crippen LogP contribution in [0, 0.1) is 0 Å². The van der Waals surface area contributed by atoms with Crippen LogP contribution in [0.1, 0.15) is 23.7 Å². The van der Waals surface area contributed by atoms with Crippen LogP contribution in [0.5, 0.6) is 0 Å². The molecule has 0 aromatic carbocycles. The van der Waals surface area contributed by atoms with E-state index >= 15 is 0 Å². The van der Waals surface area contributed by atoms with Gasteiger partial charge < -0.3 is 4.90 Å². The number of rotatable bonds is 3. The van der Waals surface area contributed by atoms with Crippen molar-refractivity contribution in [3.8, 4) is 0 Å². The lowest BCUT2D eigenvalue weighted by Crippen LogP contribution is -2.48. The van der Waals surface area contributed by atoms with Crippen molar-refractivity contribution in [3.05, 3.63) is 28.0 Å². The second-order valence-corrected chi connectivity index (χ2v) is 5.42. The fraction of sp³-hybridized carbons (Fsp3) is 0.538. The third-order valence-electron chi connectivity index (χ3n) is 3.25. The maximum Gasteiger partial charge on any atom is 0.255 e. The van der Waals surface area contributed by atoms with Gasteiger partial charge in [0, 0.05) is 32.4 Å². The van der Waals surface area contributed by atoms with Crippen LogP contribution in [-0.4, -0.2) is 53.4 Å². The van der Waals surface area contributed by atoms with Gasteiger partial charge >= 0.3 is 0 Å². The number of pyridine rings is 1. The molecule has 0 radical (unpaired) electrons. The van der Waals surface area contributed by atoms with Crippen LogP contribution >= 0.6 is 23.2 Å². The van der Waals surface area contributed by atoms with Crippen LogP contribution in [0.25, 0.3) is 0 Å². The van der Waals surface area contributed by atoms with Crippen LogP contribution < -0.4 is 0 Å². The summed E-state index contributed by atoms with van der Waals surface area (Å²) in [6, 6.07) is 1.53. The Morgan fingerprint density at radius 3 is 2.63 bits per heavy atom. The van der Waals surface area contributed by atoms with Crippen LogP contribution in [0.3, 0.4) is 0 Å². The van der Waals surface area contributed by atoms with E-state index < -0.39 is 0 Å². The van der Waals surface area contributed by atoms with Gasteiger partial charge in [-0.05, 0) is 19.0 Å². The molecular weight excluding hydrogens is 285 g/mol. The van der Waals surface area contributed by atoms with Crippen molar-refractivity contribution in [2.45, 2.75) is 13.3 Å². The normalized spacial score (nSPS) is 16.7. The molecule has 0 bridgehead atoms. The quantitative estimate of drug-likeness (QED) is 0.805. The molecule has 0 unspecified atom stereocenters. The van der Waals surface area contributed by atoms with E-state index in [0.717, 1.165) is 39.1 Å². The second-order valence-electron chi connectivity index (χ2n) is 4.62. The van der Waals surface area contributed by atoms with Gasteiger partial charge in [0.25, 0.3) is 5.91 Å². The van der Waals surface area contributed by atoms with E-state index in [1.807, 2.05) is 4.90 Å². The molecule has 19 heavy (non-hydrogen) atoms. The molecule has 104 valence electrons. The Hall–Kier alpha value is -0.840. The zero-order valence-corrected chi connectivity index (χ0v) is 12.4. The first-order valence-corrected chi connectivity index (χ1v) is 7.20. The number of piperazine rings is 1. The number of hydrogen-bond acceptors (Lipinski definition) is 3. The first-order valence-electron chi connectivity index (χ1n) is 6.44. The standard InChI is InChI=1S/C13H17Cl2N3O/c1-2-3-17-4-6-18(7-5-17)13(19)10-8-12(15)16-9-11(10)14/h8-9H,2-7H2,1H3. The molecule has 0 aliphatic carbocycles. The monoisotopic (exact) mass is 301 g/mol. The summed E-state index contributed by atoms with van der Waals surface area (Å²) in [4.78, 5) is 20.4. The van der Waals surface area contributed by atoms with Crippen molar-refractivity contribution in [1.29, 1.82) is 0 Å². The lowest BCUT2D eigenvalue weighted by Gasteiger charge is -2.34. The van der Waals surface area contributed by atoms with Crippen molar-refractivity contribution >= 4 is 29.1 Å². The average molecular weight is 302 g/mol. The van der Waals surface area contributed by atoms with Crippen LogP contribution in [0.4, 0.5) is 0 Å². The van der Waals surface area contributed by atoms with E-state index in [4.69, 9.17) is 23.2 Å². The van der Waals surface area contributed by atoms with Gasteiger partial charge in [-0.1, -0.05) is 30.1 Å². The zero-order valence-electron chi connectivity index (χ0n) is 10.9. The number of carbonyl (C=O) groups is 1. The molecule has 1 aromatic rings. The largest absolute Gasteiger partial charge is 0.336 e. The SMILES string of the molecule is CCCN1CCN(C(=O)c2cc(Cl)ncc2Cl)CC1. The molecule has 0 saturated carbocycles. The van der Waals surface area contributed by atoms with Crippen molar-refractivity contribution in [2.24, 2.45) is 0 Å². The Bertz CT molecular complexity index is 459. The summed E-state index contributed by atoms with van der Waals surface area (Å²) >= 11 is 11.8. The van der Waals surface area contributed by atoms with Gasteiger partial charge in [-0.25, -0.2) is 4.98 Å². The van der Waals surface area contributed by atoms with Gasteiger partial charge in [0.15, 0.2) is 0 Å². The van der Waals surface area contributed by atoms with E-state index in [-0.39, 0.29) is 11.1 Å². The van der Waals surface area contributed by atoms with Gasteiger partial charge in [-0.15, -0.1) is 0 Å². The molecule has 4 nitrogen and oxygen atoms in total. The van der Waals surface area contributed by atoms with Gasteiger partial charge in [-0.3, -0.25) is 9.69 Å². The Morgan fingerprint density at radius 1 is 1.32 bits per heavy atom. The van der Waals surface area contributed by atoms with E-state index in [1.165, 1.54) is 12.3 Å². The summed E-state index contributed by atoms with van der Waals surface area (Å²) < 4.78 is 0. The zero-order chi connectivity index (χ0) is 13.8. The predicted octanol–water partition coefficient (Wildman–Crippen LogP) is 2.56. The maximum atomic E-state index is 12.4. The molecule has 0 spiro atoms. The third-order valence-corrected chi connectivity index (χ3v) is 3.76. The van der Waals surface area contributed by atoms with Crippen molar-refractivity contribution in [2.75, 3.05) is 32.7 Å². The van der Waals surface area contributed by atoms with Crippen LogP contribution in [0.15, 0.2) is 12.3 Å². The van der Waals surface area contributed by atoms with Gasteiger partial charge in [0.1, 0.15) is 5.15 Å². The highest BCUT2D eigenvalue weighted by Crippen LogP contribution is 2.20. The number of nitrogens with zero attached hydrogens (tertiary/aromatic N) is 3. The highest BCUT2D eigenvalue weighted by Gasteiger charge is 2.23. The molecule has 1 aromatic heterocycles. The summed E-state index contributed by atoms with van der Waals surface area (Å²) in [5.41, 5.74) is 0.436. The van der Waals surface area contributed by atoms with E-state index in [9.17, 15) is 4.79 Å². The number of hydrogen-bond donors (Lipinski definition) is 0. The molecule has 6 heteroatoms. The van der Waals surface area contributed by atoms with Crippen molar-refractivity contribution < 1.29 is 4.79 Å². The molecular formula is C13H17Cl2N3O. The van der Waals surface area contributed by atoms with Crippen LogP contribution in [0.2, 0.25) is 10.2 Å². The number of carbonyl (C=O) groups excluding carboxylic acids is 1. The van der Waals surface area contributed by atoms with E-state index in [2.05, 4.69) is 16.8 Å². The first kappa shape index (κ1) is 14.6. The first-order chi connectivity index (χ1) is 9.11. The lowest BCUT2D eigenvalue weighted by molar-refractivity contribution is 0.0637. The summed E-state index contributed by atoms with van der Waals surface area (Å²) in [6.07, 6.45) is 2.56. The number of halogens is 2. The molecule has 0 N–H and O–H groups in total. The number of aromatic nitrogens is 1. The Labute approximate surface area is 123 Å². The van der Waals surface area contributed by atoms with E-state index in [1.54, 1.807) is 0 Å². The topological polar surface area (TPSA) is 36.4 Å². The minimum atomic E-state index is -0.0644. The molecule has 2 heterocycles. The highest BCUT2D eigenvalue weighted by atomic mass is 35.5. The predicted molar refractivity (Wildman–Crippen MR) is 76.9 cm³/mol. The Kier molecular flexibility index (Phi) is 5.02. The summed E-state index contributed by atoms with van der Waals surface area (Å²) in [6.45, 7) is 6.54. The molecule has 1 aliphatic heterocycles. The lowest BCUT2D eigenvalue weighted by atomic mass is 10.2. The fourth-order valence-electron chi connectivity index (χ4n) is 2.24. The number of amides is 1. The van der Waals surface area contributed by atoms with E-state index in [0.29, 0.717) is 10.6 Å². The van der Waals surface area contributed by atoms with Gasteiger partial charge in [-0.2, -0.15) is 0 Å². The molecule has 2 rings (SSSR count). The highest BCUT2D eigenvalue weighted by molar-refractivity contribution is 6.35. The molecule has 1 amide bonds. The molecule has 1 fully saturated rings. The average Bonchev–Trinajstić information content (AvgIpc) is 2.42. The maximum absolute atomic E-state index is 12.4. The molecule has 1 saturated heterocycles. The minimum absolute atomic E-state index is 0.0644. The minimum Gasteiger partial charge on any atom is -0.336 e. The van der Waals surface area contributed by atoms with Gasteiger partial charge in [0.05, 0.1) is 10.6 Å². The van der Waals surface area contributed by atoms with Crippen molar-refractivity contribution in [1.82, 2.24) is 14.8 Å². The summed E-state index contributed by atoms with van der Waals surface area (Å²) in [7, 11) is 0. The molecule has 1 aliphatic rings. The smallest absolute Gasteiger partial charge is 0.255 e. The third kappa shape index (κ3) is 3.59. The summed E-state index contributed by atoms with van der Waals surface area (Å²) in [5.74, 6) is -0.0644. The fourth-order valence-corrected chi connectivity index (χ4v) is 2.58. The second kappa shape index (κ2) is 6.55. The van der Waals surface area contributed by atoms with Crippen LogP contribution in [-0.2, 0) is 0 Å². The molecule has 0 atom stereocenters.